The Hall–Kier alpha value is -1.95. The molecular weight excluding hydrogens is 431 g/mol. The van der Waals surface area contributed by atoms with E-state index in [2.05, 4.69) is 4.72 Å². The fourth-order valence-corrected chi connectivity index (χ4v) is 5.90. The zero-order valence-corrected chi connectivity index (χ0v) is 16.6. The van der Waals surface area contributed by atoms with Crippen molar-refractivity contribution in [1.29, 1.82) is 0 Å². The molecule has 0 atom stereocenters. The number of sulfonamides is 1. The summed E-state index contributed by atoms with van der Waals surface area (Å²) in [5, 5.41) is 0. The summed E-state index contributed by atoms with van der Waals surface area (Å²) in [5.41, 5.74) is -1.43. The highest BCUT2D eigenvalue weighted by molar-refractivity contribution is 7.91. The van der Waals surface area contributed by atoms with Crippen molar-refractivity contribution in [1.82, 2.24) is 4.72 Å². The largest absolute Gasteiger partial charge is 0.417 e. The molecule has 3 rings (SSSR count). The van der Waals surface area contributed by atoms with Crippen LogP contribution in [0.5, 0.6) is 0 Å². The van der Waals surface area contributed by atoms with Gasteiger partial charge in [0, 0.05) is 19.3 Å². The molecule has 1 fully saturated rings. The zero-order chi connectivity index (χ0) is 21.3. The van der Waals surface area contributed by atoms with Gasteiger partial charge in [0.2, 0.25) is 19.9 Å². The van der Waals surface area contributed by atoms with Crippen LogP contribution in [0.1, 0.15) is 18.4 Å². The third kappa shape index (κ3) is 4.80. The average Bonchev–Trinajstić information content (AvgIpc) is 2.68. The Labute approximate surface area is 166 Å². The van der Waals surface area contributed by atoms with Gasteiger partial charge in [0.25, 0.3) is 0 Å². The van der Waals surface area contributed by atoms with Crippen LogP contribution in [0.2, 0.25) is 0 Å². The summed E-state index contributed by atoms with van der Waals surface area (Å²) < 4.78 is 98.7. The van der Waals surface area contributed by atoms with E-state index in [1.165, 1.54) is 24.3 Å². The first-order chi connectivity index (χ1) is 13.5. The molecule has 11 heteroatoms. The van der Waals surface area contributed by atoms with Gasteiger partial charge in [0.1, 0.15) is 0 Å². The Kier molecular flexibility index (Phi) is 6.04. The summed E-state index contributed by atoms with van der Waals surface area (Å²) in [6.07, 6.45) is -4.36. The minimum absolute atomic E-state index is 0.152. The summed E-state index contributed by atoms with van der Waals surface area (Å²) in [6.45, 7) is 0.559. The molecule has 6 nitrogen and oxygen atoms in total. The van der Waals surface area contributed by atoms with Crippen LogP contribution in [0.4, 0.5) is 13.2 Å². The average molecular weight is 449 g/mol. The summed E-state index contributed by atoms with van der Waals surface area (Å²) in [5.74, 6) is 0. The van der Waals surface area contributed by atoms with E-state index in [1.807, 2.05) is 0 Å². The summed E-state index contributed by atoms with van der Waals surface area (Å²) in [4.78, 5) is -1.81. The van der Waals surface area contributed by atoms with E-state index in [0.717, 1.165) is 6.07 Å². The highest BCUT2D eigenvalue weighted by Crippen LogP contribution is 2.36. The maximum absolute atomic E-state index is 13.4. The molecule has 0 unspecified atom stereocenters. The van der Waals surface area contributed by atoms with Gasteiger partial charge >= 0.3 is 6.18 Å². The maximum Gasteiger partial charge on any atom is 0.417 e. The predicted octanol–water partition coefficient (Wildman–Crippen LogP) is 3.00. The van der Waals surface area contributed by atoms with Gasteiger partial charge < -0.3 is 4.74 Å². The van der Waals surface area contributed by atoms with Crippen molar-refractivity contribution in [2.45, 2.75) is 39.7 Å². The van der Waals surface area contributed by atoms with E-state index in [9.17, 15) is 30.0 Å². The van der Waals surface area contributed by atoms with Crippen LogP contribution in [0.25, 0.3) is 0 Å². The van der Waals surface area contributed by atoms with Gasteiger partial charge in [-0.3, -0.25) is 0 Å². The molecule has 29 heavy (non-hydrogen) atoms. The first kappa shape index (κ1) is 21.8. The van der Waals surface area contributed by atoms with Gasteiger partial charge in [-0.2, -0.15) is 13.2 Å². The van der Waals surface area contributed by atoms with E-state index in [4.69, 9.17) is 4.74 Å². The fourth-order valence-electron chi connectivity index (χ4n) is 2.96. The van der Waals surface area contributed by atoms with Crippen LogP contribution in [0.15, 0.2) is 63.2 Å². The molecule has 158 valence electrons. The van der Waals surface area contributed by atoms with Crippen molar-refractivity contribution in [3.8, 4) is 0 Å². The molecule has 1 heterocycles. The van der Waals surface area contributed by atoms with Crippen molar-refractivity contribution in [3.63, 3.8) is 0 Å². The van der Waals surface area contributed by atoms with E-state index in [-0.39, 0.29) is 18.1 Å². The zero-order valence-electron chi connectivity index (χ0n) is 15.0. The molecule has 0 aromatic heterocycles. The van der Waals surface area contributed by atoms with E-state index in [1.54, 1.807) is 6.07 Å². The lowest BCUT2D eigenvalue weighted by Crippen LogP contribution is -2.39. The number of ether oxygens (including phenoxy) is 1. The lowest BCUT2D eigenvalue weighted by atomic mass is 10.1. The van der Waals surface area contributed by atoms with Crippen molar-refractivity contribution in [2.75, 3.05) is 13.2 Å². The molecule has 1 N–H and O–H groups in total. The van der Waals surface area contributed by atoms with Crippen molar-refractivity contribution >= 4 is 19.9 Å². The first-order valence-electron chi connectivity index (χ1n) is 8.63. The van der Waals surface area contributed by atoms with Crippen LogP contribution in [0, 0.1) is 0 Å². The topological polar surface area (TPSA) is 89.5 Å². The second-order valence-electron chi connectivity index (χ2n) is 6.48. The maximum atomic E-state index is 13.4. The smallest absolute Gasteiger partial charge is 0.381 e. The highest BCUT2D eigenvalue weighted by Gasteiger charge is 2.39. The molecule has 0 amide bonds. The molecule has 1 aliphatic heterocycles. The standard InChI is InChI=1S/C18H18F3NO5S2/c19-18(20,21)16-7-6-15(28(23,24)14-4-2-1-3-5-14)12-17(16)29(25,26)22-13-8-10-27-11-9-13/h1-7,12-13,22H,8-11H2. The van der Waals surface area contributed by atoms with Crippen LogP contribution in [0.3, 0.4) is 0 Å². The molecule has 1 aliphatic rings. The lowest BCUT2D eigenvalue weighted by Gasteiger charge is -2.24. The molecule has 2 aromatic rings. The Bertz CT molecular complexity index is 1080. The molecule has 0 saturated carbocycles. The van der Waals surface area contributed by atoms with Gasteiger partial charge in [0.05, 0.1) is 20.2 Å². The van der Waals surface area contributed by atoms with E-state index >= 15 is 0 Å². The Morgan fingerprint density at radius 2 is 1.52 bits per heavy atom. The predicted molar refractivity (Wildman–Crippen MR) is 97.5 cm³/mol. The molecule has 0 spiro atoms. The minimum atomic E-state index is -4.98. The third-order valence-electron chi connectivity index (χ3n) is 4.45. The van der Waals surface area contributed by atoms with Gasteiger partial charge in [0.15, 0.2) is 0 Å². The molecule has 2 aromatic carbocycles. The summed E-state index contributed by atoms with van der Waals surface area (Å²) >= 11 is 0. The van der Waals surface area contributed by atoms with E-state index in [0.29, 0.717) is 25.0 Å². The van der Waals surface area contributed by atoms with Gasteiger partial charge in [-0.15, -0.1) is 0 Å². The summed E-state index contributed by atoms with van der Waals surface area (Å²) in [6, 6.07) is 8.27. The summed E-state index contributed by atoms with van der Waals surface area (Å²) in [7, 11) is -8.83. The van der Waals surface area contributed by atoms with Gasteiger partial charge in [-0.05, 0) is 43.2 Å². The van der Waals surface area contributed by atoms with Gasteiger partial charge in [-0.25, -0.2) is 21.6 Å². The number of hydrogen-bond acceptors (Lipinski definition) is 5. The number of rotatable bonds is 5. The number of halogens is 3. The molecule has 0 aliphatic carbocycles. The van der Waals surface area contributed by atoms with Gasteiger partial charge in [-0.1, -0.05) is 18.2 Å². The van der Waals surface area contributed by atoms with Crippen LogP contribution < -0.4 is 4.72 Å². The Morgan fingerprint density at radius 1 is 0.897 bits per heavy atom. The monoisotopic (exact) mass is 449 g/mol. The Balaban J connectivity index is 2.10. The number of nitrogens with one attached hydrogen (secondary N) is 1. The van der Waals surface area contributed by atoms with E-state index < -0.39 is 47.4 Å². The highest BCUT2D eigenvalue weighted by atomic mass is 32.2. The number of alkyl halides is 3. The van der Waals surface area contributed by atoms with Crippen LogP contribution in [-0.2, 0) is 30.8 Å². The number of benzene rings is 2. The number of sulfone groups is 1. The fraction of sp³-hybridized carbons (Fsp3) is 0.333. The van der Waals surface area contributed by atoms with Crippen molar-refractivity contribution < 1.29 is 34.7 Å². The molecule has 0 bridgehead atoms. The van der Waals surface area contributed by atoms with Crippen LogP contribution in [-0.4, -0.2) is 36.1 Å². The van der Waals surface area contributed by atoms with Crippen molar-refractivity contribution in [3.05, 3.63) is 54.1 Å². The molecular formula is C18H18F3NO5S2. The lowest BCUT2D eigenvalue weighted by molar-refractivity contribution is -0.139. The Morgan fingerprint density at radius 3 is 2.10 bits per heavy atom. The second kappa shape index (κ2) is 8.05. The molecule has 0 radical (unpaired) electrons. The quantitative estimate of drug-likeness (QED) is 0.758. The second-order valence-corrected chi connectivity index (χ2v) is 10.1. The normalized spacial score (nSPS) is 16.7. The third-order valence-corrected chi connectivity index (χ3v) is 7.78. The SMILES string of the molecule is O=S(=O)(NC1CCOCC1)c1cc(S(=O)(=O)c2ccccc2)ccc1C(F)(F)F. The minimum Gasteiger partial charge on any atom is -0.381 e. The number of hydrogen-bond donors (Lipinski definition) is 1. The van der Waals surface area contributed by atoms with Crippen molar-refractivity contribution in [2.24, 2.45) is 0 Å². The van der Waals surface area contributed by atoms with Crippen LogP contribution >= 0.6 is 0 Å². The molecule has 1 saturated heterocycles. The first-order valence-corrected chi connectivity index (χ1v) is 11.6.